The molecule has 0 spiro atoms. The number of hydrogen-bond donors (Lipinski definition) is 0. The van der Waals surface area contributed by atoms with Gasteiger partial charge in [-0.25, -0.2) is 9.37 Å². The number of imidazole rings is 1. The fourth-order valence-corrected chi connectivity index (χ4v) is 2.03. The van der Waals surface area contributed by atoms with Crippen molar-refractivity contribution in [3.05, 3.63) is 52.9 Å². The minimum Gasteiger partial charge on any atom is -0.335 e. The van der Waals surface area contributed by atoms with E-state index in [1.807, 2.05) is 24.6 Å². The summed E-state index contributed by atoms with van der Waals surface area (Å²) in [7, 11) is 1.89. The Labute approximate surface area is 105 Å². The molecular weight excluding hydrogens is 231 g/mol. The van der Waals surface area contributed by atoms with Gasteiger partial charge < -0.3 is 4.57 Å². The maximum absolute atomic E-state index is 13.0. The standard InChI is InChI=1S/C14H15FN2O/c1-10-16-13(9-18)14(17(10)2)7-6-11-4-3-5-12(15)8-11/h3-5,8-9H,6-7H2,1-2H3. The van der Waals surface area contributed by atoms with Crippen LogP contribution in [0.5, 0.6) is 0 Å². The van der Waals surface area contributed by atoms with Gasteiger partial charge in [-0.1, -0.05) is 12.1 Å². The van der Waals surface area contributed by atoms with E-state index in [9.17, 15) is 9.18 Å². The van der Waals surface area contributed by atoms with Gasteiger partial charge in [0, 0.05) is 12.7 Å². The number of carbonyl (C=O) groups excluding carboxylic acids is 1. The Bertz CT molecular complexity index is 575. The van der Waals surface area contributed by atoms with E-state index < -0.39 is 0 Å². The molecule has 0 aliphatic rings. The fraction of sp³-hybridized carbons (Fsp3) is 0.286. The van der Waals surface area contributed by atoms with Crippen LogP contribution in [0.15, 0.2) is 24.3 Å². The Balaban J connectivity index is 2.17. The molecule has 0 aliphatic carbocycles. The molecule has 0 fully saturated rings. The molecule has 0 unspecified atom stereocenters. The van der Waals surface area contributed by atoms with Crippen molar-refractivity contribution in [2.45, 2.75) is 19.8 Å². The lowest BCUT2D eigenvalue weighted by Gasteiger charge is -2.05. The summed E-state index contributed by atoms with van der Waals surface area (Å²) >= 11 is 0. The Hall–Kier alpha value is -1.97. The van der Waals surface area contributed by atoms with Crippen LogP contribution in [0.3, 0.4) is 0 Å². The van der Waals surface area contributed by atoms with Crippen LogP contribution in [0, 0.1) is 12.7 Å². The molecule has 0 bridgehead atoms. The topological polar surface area (TPSA) is 34.9 Å². The maximum Gasteiger partial charge on any atom is 0.170 e. The number of benzene rings is 1. The zero-order valence-electron chi connectivity index (χ0n) is 10.5. The lowest BCUT2D eigenvalue weighted by molar-refractivity contribution is 0.111. The number of nitrogens with zero attached hydrogens (tertiary/aromatic N) is 2. The molecule has 0 radical (unpaired) electrons. The summed E-state index contributed by atoms with van der Waals surface area (Å²) in [6, 6.07) is 6.52. The number of aromatic nitrogens is 2. The number of aldehydes is 1. The van der Waals surface area contributed by atoms with Crippen LogP contribution in [0.2, 0.25) is 0 Å². The van der Waals surface area contributed by atoms with Crippen molar-refractivity contribution in [3.8, 4) is 0 Å². The monoisotopic (exact) mass is 246 g/mol. The van der Waals surface area contributed by atoms with Crippen molar-refractivity contribution < 1.29 is 9.18 Å². The van der Waals surface area contributed by atoms with Gasteiger partial charge in [0.1, 0.15) is 17.3 Å². The summed E-state index contributed by atoms with van der Waals surface area (Å²) in [6.45, 7) is 1.86. The first-order valence-electron chi connectivity index (χ1n) is 5.83. The smallest absolute Gasteiger partial charge is 0.170 e. The third-order valence-corrected chi connectivity index (χ3v) is 3.12. The van der Waals surface area contributed by atoms with Gasteiger partial charge in [-0.05, 0) is 37.5 Å². The summed E-state index contributed by atoms with van der Waals surface area (Å²) < 4.78 is 15.0. The summed E-state index contributed by atoms with van der Waals surface area (Å²) in [6.07, 6.45) is 2.14. The number of rotatable bonds is 4. The van der Waals surface area contributed by atoms with Gasteiger partial charge in [0.05, 0.1) is 0 Å². The molecule has 0 N–H and O–H groups in total. The highest BCUT2D eigenvalue weighted by Crippen LogP contribution is 2.13. The Morgan fingerprint density at radius 3 is 2.83 bits per heavy atom. The van der Waals surface area contributed by atoms with E-state index in [4.69, 9.17) is 0 Å². The highest BCUT2D eigenvalue weighted by Gasteiger charge is 2.11. The van der Waals surface area contributed by atoms with E-state index in [0.29, 0.717) is 18.5 Å². The predicted molar refractivity (Wildman–Crippen MR) is 67.1 cm³/mol. The first kappa shape index (κ1) is 12.5. The molecule has 3 nitrogen and oxygen atoms in total. The maximum atomic E-state index is 13.0. The van der Waals surface area contributed by atoms with Gasteiger partial charge in [-0.3, -0.25) is 4.79 Å². The van der Waals surface area contributed by atoms with E-state index in [1.165, 1.54) is 12.1 Å². The van der Waals surface area contributed by atoms with Crippen LogP contribution >= 0.6 is 0 Å². The minimum atomic E-state index is -0.232. The molecule has 0 amide bonds. The molecule has 0 aliphatic heterocycles. The van der Waals surface area contributed by atoms with Gasteiger partial charge >= 0.3 is 0 Å². The second kappa shape index (κ2) is 5.12. The highest BCUT2D eigenvalue weighted by atomic mass is 19.1. The van der Waals surface area contributed by atoms with Crippen molar-refractivity contribution >= 4 is 6.29 Å². The normalized spacial score (nSPS) is 10.6. The van der Waals surface area contributed by atoms with Crippen molar-refractivity contribution in [1.82, 2.24) is 9.55 Å². The molecule has 0 atom stereocenters. The summed E-state index contributed by atoms with van der Waals surface area (Å²) in [5, 5.41) is 0. The third-order valence-electron chi connectivity index (χ3n) is 3.12. The van der Waals surface area contributed by atoms with E-state index in [1.54, 1.807) is 6.07 Å². The zero-order valence-corrected chi connectivity index (χ0v) is 10.5. The number of halogens is 1. The second-order valence-electron chi connectivity index (χ2n) is 4.30. The first-order valence-corrected chi connectivity index (χ1v) is 5.83. The Morgan fingerprint density at radius 1 is 1.39 bits per heavy atom. The number of hydrogen-bond acceptors (Lipinski definition) is 2. The van der Waals surface area contributed by atoms with Gasteiger partial charge in [0.25, 0.3) is 0 Å². The molecule has 2 rings (SSSR count). The van der Waals surface area contributed by atoms with Crippen LogP contribution in [0.4, 0.5) is 4.39 Å². The van der Waals surface area contributed by atoms with Crippen LogP contribution < -0.4 is 0 Å². The van der Waals surface area contributed by atoms with Gasteiger partial charge in [-0.15, -0.1) is 0 Å². The fourth-order valence-electron chi connectivity index (χ4n) is 2.03. The first-order chi connectivity index (χ1) is 8.61. The van der Waals surface area contributed by atoms with Gasteiger partial charge in [0.2, 0.25) is 0 Å². The van der Waals surface area contributed by atoms with Gasteiger partial charge in [-0.2, -0.15) is 0 Å². The molecular formula is C14H15FN2O. The second-order valence-corrected chi connectivity index (χ2v) is 4.30. The van der Waals surface area contributed by atoms with Gasteiger partial charge in [0.15, 0.2) is 6.29 Å². The number of aryl methyl sites for hydroxylation is 2. The Kier molecular flexibility index (Phi) is 3.55. The zero-order chi connectivity index (χ0) is 13.1. The van der Waals surface area contributed by atoms with E-state index in [2.05, 4.69) is 4.98 Å². The highest BCUT2D eigenvalue weighted by molar-refractivity contribution is 5.73. The van der Waals surface area contributed by atoms with Crippen molar-refractivity contribution in [1.29, 1.82) is 0 Å². The summed E-state index contributed by atoms with van der Waals surface area (Å²) in [4.78, 5) is 15.1. The van der Waals surface area contributed by atoms with E-state index in [-0.39, 0.29) is 5.82 Å². The van der Waals surface area contributed by atoms with Crippen LogP contribution in [-0.2, 0) is 19.9 Å². The molecule has 1 aromatic heterocycles. The van der Waals surface area contributed by atoms with E-state index >= 15 is 0 Å². The minimum absolute atomic E-state index is 0.232. The van der Waals surface area contributed by atoms with Crippen molar-refractivity contribution in [2.75, 3.05) is 0 Å². The predicted octanol–water partition coefficient (Wildman–Crippen LogP) is 2.47. The molecule has 2 aromatic rings. The van der Waals surface area contributed by atoms with E-state index in [0.717, 1.165) is 23.4 Å². The quantitative estimate of drug-likeness (QED) is 0.777. The van der Waals surface area contributed by atoms with Crippen LogP contribution in [-0.4, -0.2) is 15.8 Å². The Morgan fingerprint density at radius 2 is 2.17 bits per heavy atom. The average Bonchev–Trinajstić information content (AvgIpc) is 2.63. The molecule has 18 heavy (non-hydrogen) atoms. The number of carbonyl (C=O) groups is 1. The molecule has 0 saturated carbocycles. The van der Waals surface area contributed by atoms with Crippen molar-refractivity contribution in [2.24, 2.45) is 7.05 Å². The lowest BCUT2D eigenvalue weighted by Crippen LogP contribution is -2.03. The molecule has 94 valence electrons. The SMILES string of the molecule is Cc1nc(C=O)c(CCc2cccc(F)c2)n1C. The molecule has 1 heterocycles. The summed E-state index contributed by atoms with van der Waals surface area (Å²) in [5.74, 6) is 0.579. The van der Waals surface area contributed by atoms with Crippen LogP contribution in [0.25, 0.3) is 0 Å². The third kappa shape index (κ3) is 2.47. The molecule has 1 aromatic carbocycles. The molecule has 4 heteroatoms. The lowest BCUT2D eigenvalue weighted by atomic mass is 10.1. The van der Waals surface area contributed by atoms with Crippen LogP contribution in [0.1, 0.15) is 27.6 Å². The average molecular weight is 246 g/mol. The molecule has 0 saturated heterocycles. The summed E-state index contributed by atoms with van der Waals surface area (Å²) in [5.41, 5.74) is 2.30. The van der Waals surface area contributed by atoms with Crippen molar-refractivity contribution in [3.63, 3.8) is 0 Å². The largest absolute Gasteiger partial charge is 0.335 e.